The van der Waals surface area contributed by atoms with Crippen LogP contribution in [0.1, 0.15) is 34.6 Å². The lowest BCUT2D eigenvalue weighted by Crippen LogP contribution is -3.11. The van der Waals surface area contributed by atoms with Crippen molar-refractivity contribution in [1.82, 2.24) is 0 Å². The van der Waals surface area contributed by atoms with E-state index in [1.807, 2.05) is 0 Å². The van der Waals surface area contributed by atoms with Crippen LogP contribution < -0.4 is 17.3 Å². The smallest absolute Gasteiger partial charge is 0.304 e. The van der Waals surface area contributed by atoms with Crippen molar-refractivity contribution in [1.29, 1.82) is 0 Å². The second-order valence-electron chi connectivity index (χ2n) is 4.04. The van der Waals surface area contributed by atoms with Crippen LogP contribution in [0.3, 0.4) is 0 Å². The molecule has 4 heteroatoms. The number of carbonyl (C=O) groups excluding carboxylic acids is 1. The van der Waals surface area contributed by atoms with E-state index < -0.39 is 5.60 Å². The van der Waals surface area contributed by atoms with E-state index in [0.717, 1.165) is 19.6 Å². The van der Waals surface area contributed by atoms with Crippen LogP contribution in [0.25, 0.3) is 0 Å². The molecule has 0 radical (unpaired) electrons. The molecule has 1 N–H and O–H groups in total. The molecule has 0 saturated heterocycles. The largest absolute Gasteiger partial charge is 1.00 e. The number of hydrogen-bond acceptors (Lipinski definition) is 2. The van der Waals surface area contributed by atoms with Gasteiger partial charge in [-0.3, -0.25) is 4.79 Å². The number of nitrogens with one attached hydrogen (secondary N) is 1. The second-order valence-corrected chi connectivity index (χ2v) is 4.04. The van der Waals surface area contributed by atoms with Crippen molar-refractivity contribution in [3.8, 4) is 11.8 Å². The summed E-state index contributed by atoms with van der Waals surface area (Å²) in [6.07, 6.45) is 0. The number of hydrogen-bond donors (Lipinski definition) is 1. The van der Waals surface area contributed by atoms with Gasteiger partial charge >= 0.3 is 5.97 Å². The molecule has 0 aromatic carbocycles. The molecule has 0 atom stereocenters. The zero-order valence-corrected chi connectivity index (χ0v) is 11.6. The van der Waals surface area contributed by atoms with Gasteiger partial charge in [0.2, 0.25) is 0 Å². The summed E-state index contributed by atoms with van der Waals surface area (Å²) in [5.41, 5.74) is -0.668. The number of carbonyl (C=O) groups is 1. The molecule has 0 heterocycles. The molecular weight excluding hydrogens is 226 g/mol. The molecule has 0 saturated carbocycles. The SMILES string of the molecule is CC[NH+](CC)CC#CC(C)(C)OC(C)=O.[Cl-]. The average Bonchev–Trinajstić information content (AvgIpc) is 2.10. The Morgan fingerprint density at radius 1 is 1.31 bits per heavy atom. The van der Waals surface area contributed by atoms with Crippen LogP contribution in [-0.4, -0.2) is 31.2 Å². The zero-order chi connectivity index (χ0) is 11.9. The van der Waals surface area contributed by atoms with Crippen LogP contribution in [0.2, 0.25) is 0 Å². The fraction of sp³-hybridized carbons (Fsp3) is 0.750. The van der Waals surface area contributed by atoms with Crippen LogP contribution in [-0.2, 0) is 9.53 Å². The summed E-state index contributed by atoms with van der Waals surface area (Å²) >= 11 is 0. The zero-order valence-electron chi connectivity index (χ0n) is 10.8. The van der Waals surface area contributed by atoms with Gasteiger partial charge in [-0.15, -0.1) is 0 Å². The van der Waals surface area contributed by atoms with Crippen LogP contribution in [0.5, 0.6) is 0 Å². The van der Waals surface area contributed by atoms with E-state index >= 15 is 0 Å². The molecule has 3 nitrogen and oxygen atoms in total. The van der Waals surface area contributed by atoms with Crippen molar-refractivity contribution in [2.24, 2.45) is 0 Å². The minimum Gasteiger partial charge on any atom is -1.00 e. The standard InChI is InChI=1S/C12H21NO2.ClH/c1-6-13(7-2)10-8-9-12(4,5)15-11(3)14;/h6-7,10H2,1-5H3;1H. The van der Waals surface area contributed by atoms with Gasteiger partial charge < -0.3 is 22.0 Å². The minimum absolute atomic E-state index is 0. The quantitative estimate of drug-likeness (QED) is 0.432. The Kier molecular flexibility index (Phi) is 9.31. The third kappa shape index (κ3) is 8.58. The number of esters is 1. The van der Waals surface area contributed by atoms with Crippen molar-refractivity contribution in [3.05, 3.63) is 0 Å². The van der Waals surface area contributed by atoms with E-state index in [-0.39, 0.29) is 18.4 Å². The average molecular weight is 248 g/mol. The van der Waals surface area contributed by atoms with E-state index in [9.17, 15) is 4.79 Å². The van der Waals surface area contributed by atoms with Gasteiger partial charge in [-0.1, -0.05) is 5.92 Å². The van der Waals surface area contributed by atoms with E-state index in [1.54, 1.807) is 13.8 Å². The normalized spacial score (nSPS) is 10.1. The summed E-state index contributed by atoms with van der Waals surface area (Å²) in [5, 5.41) is 0. The van der Waals surface area contributed by atoms with Gasteiger partial charge in [0.25, 0.3) is 0 Å². The van der Waals surface area contributed by atoms with Crippen molar-refractivity contribution in [3.63, 3.8) is 0 Å². The Hall–Kier alpha value is -0.720. The molecule has 94 valence electrons. The molecule has 16 heavy (non-hydrogen) atoms. The highest BCUT2D eigenvalue weighted by Gasteiger charge is 2.17. The second kappa shape index (κ2) is 8.43. The van der Waals surface area contributed by atoms with E-state index in [2.05, 4.69) is 25.7 Å². The Morgan fingerprint density at radius 3 is 2.19 bits per heavy atom. The first-order valence-corrected chi connectivity index (χ1v) is 5.44. The maximum Gasteiger partial charge on any atom is 0.304 e. The first-order chi connectivity index (χ1) is 6.91. The van der Waals surface area contributed by atoms with Crippen molar-refractivity contribution in [2.45, 2.75) is 40.2 Å². The lowest BCUT2D eigenvalue weighted by molar-refractivity contribution is -0.889. The summed E-state index contributed by atoms with van der Waals surface area (Å²) in [6.45, 7) is 12.2. The van der Waals surface area contributed by atoms with Crippen LogP contribution >= 0.6 is 0 Å². The molecule has 0 unspecified atom stereocenters. The highest BCUT2D eigenvalue weighted by atomic mass is 35.5. The molecule has 0 rings (SSSR count). The molecule has 0 aliphatic heterocycles. The Labute approximate surface area is 105 Å². The number of rotatable bonds is 4. The summed E-state index contributed by atoms with van der Waals surface area (Å²) < 4.78 is 5.06. The Balaban J connectivity index is 0. The number of halogens is 1. The van der Waals surface area contributed by atoms with Gasteiger partial charge in [-0.05, 0) is 33.6 Å². The maximum absolute atomic E-state index is 10.8. The van der Waals surface area contributed by atoms with Crippen molar-refractivity contribution < 1.29 is 26.8 Å². The van der Waals surface area contributed by atoms with Crippen LogP contribution in [0.15, 0.2) is 0 Å². The van der Waals surface area contributed by atoms with E-state index in [1.165, 1.54) is 11.8 Å². The van der Waals surface area contributed by atoms with Crippen molar-refractivity contribution in [2.75, 3.05) is 19.6 Å². The van der Waals surface area contributed by atoms with Gasteiger partial charge in [-0.2, -0.15) is 0 Å². The molecule has 0 aromatic rings. The molecule has 0 spiro atoms. The van der Waals surface area contributed by atoms with Gasteiger partial charge in [0.1, 0.15) is 6.54 Å². The highest BCUT2D eigenvalue weighted by molar-refractivity contribution is 5.66. The first-order valence-electron chi connectivity index (χ1n) is 5.44. The fourth-order valence-corrected chi connectivity index (χ4v) is 1.27. The van der Waals surface area contributed by atoms with Gasteiger partial charge in [-0.25, -0.2) is 0 Å². The summed E-state index contributed by atoms with van der Waals surface area (Å²) in [6, 6.07) is 0. The van der Waals surface area contributed by atoms with Gasteiger partial charge in [0.15, 0.2) is 5.60 Å². The third-order valence-electron chi connectivity index (χ3n) is 2.13. The number of quaternary nitrogens is 1. The molecule has 0 bridgehead atoms. The minimum atomic E-state index is -0.668. The van der Waals surface area contributed by atoms with E-state index in [4.69, 9.17) is 4.74 Å². The summed E-state index contributed by atoms with van der Waals surface area (Å²) in [5.74, 6) is 5.76. The first kappa shape index (κ1) is 17.7. The molecule has 0 aliphatic carbocycles. The lowest BCUT2D eigenvalue weighted by atomic mass is 10.1. The molecule has 0 fully saturated rings. The number of ether oxygens (including phenoxy) is 1. The fourth-order valence-electron chi connectivity index (χ4n) is 1.27. The maximum atomic E-state index is 10.8. The highest BCUT2D eigenvalue weighted by Crippen LogP contribution is 2.06. The summed E-state index contributed by atoms with van der Waals surface area (Å²) in [4.78, 5) is 12.2. The summed E-state index contributed by atoms with van der Waals surface area (Å²) in [7, 11) is 0. The van der Waals surface area contributed by atoms with Crippen LogP contribution in [0.4, 0.5) is 0 Å². The molecular formula is C12H22ClNO2. The lowest BCUT2D eigenvalue weighted by Gasteiger charge is -2.17. The van der Waals surface area contributed by atoms with E-state index in [0.29, 0.717) is 0 Å². The predicted molar refractivity (Wildman–Crippen MR) is 60.5 cm³/mol. The molecule has 0 aliphatic rings. The van der Waals surface area contributed by atoms with Gasteiger partial charge in [0, 0.05) is 6.92 Å². The topological polar surface area (TPSA) is 30.7 Å². The van der Waals surface area contributed by atoms with Crippen molar-refractivity contribution >= 4 is 5.97 Å². The molecule has 0 aromatic heterocycles. The third-order valence-corrected chi connectivity index (χ3v) is 2.13. The Bertz CT molecular complexity index is 262. The van der Waals surface area contributed by atoms with Crippen LogP contribution in [0, 0.1) is 11.8 Å². The Morgan fingerprint density at radius 2 is 1.81 bits per heavy atom. The monoisotopic (exact) mass is 247 g/mol. The predicted octanol–water partition coefficient (Wildman–Crippen LogP) is -2.74. The molecule has 0 amide bonds. The van der Waals surface area contributed by atoms with Gasteiger partial charge in [0.05, 0.1) is 13.1 Å².